The minimum absolute atomic E-state index is 0.159. The van der Waals surface area contributed by atoms with E-state index in [2.05, 4.69) is 271 Å². The highest BCUT2D eigenvalue weighted by Gasteiger charge is 2.25. The number of rotatable bonds is 8. The fourth-order valence-corrected chi connectivity index (χ4v) is 10.7. The molecule has 3 heteroatoms. The zero-order valence-electron chi connectivity index (χ0n) is 37.8. The SMILES string of the molecule is C1=C(c2ccccc2-c2ccccc2)N=C(c2ccc(-c3ccc(-n4c5ccccc5c5cc(-c6ccccc6)ccc54)c4ccccc34)c3ccccc23)NC1c1ccccc1-c1ccccc1. The summed E-state index contributed by atoms with van der Waals surface area (Å²) in [7, 11) is 0. The van der Waals surface area contributed by atoms with Crippen molar-refractivity contribution in [3.05, 3.63) is 278 Å². The minimum Gasteiger partial charge on any atom is -0.359 e. The first kappa shape index (κ1) is 40.2. The topological polar surface area (TPSA) is 29.3 Å². The van der Waals surface area contributed by atoms with Gasteiger partial charge in [0.1, 0.15) is 5.84 Å². The van der Waals surface area contributed by atoms with Crippen molar-refractivity contribution < 1.29 is 0 Å². The Morgan fingerprint density at radius 2 is 0.812 bits per heavy atom. The van der Waals surface area contributed by atoms with Crippen LogP contribution in [0, 0.1) is 0 Å². The van der Waals surface area contributed by atoms with Gasteiger partial charge in [-0.2, -0.15) is 0 Å². The maximum Gasteiger partial charge on any atom is 0.135 e. The van der Waals surface area contributed by atoms with Crippen molar-refractivity contribution in [1.82, 2.24) is 9.88 Å². The third-order valence-electron chi connectivity index (χ3n) is 13.9. The number of aliphatic imine (C=N–C) groups is 1. The number of benzene rings is 11. The number of nitrogens with one attached hydrogen (secondary N) is 1. The van der Waals surface area contributed by atoms with Crippen LogP contribution in [0.25, 0.3) is 99.2 Å². The normalized spacial score (nSPS) is 13.7. The number of amidine groups is 1. The predicted octanol–water partition coefficient (Wildman–Crippen LogP) is 16.9. The Morgan fingerprint density at radius 1 is 0.319 bits per heavy atom. The van der Waals surface area contributed by atoms with E-state index >= 15 is 0 Å². The summed E-state index contributed by atoms with van der Waals surface area (Å²) in [6.45, 7) is 0. The van der Waals surface area contributed by atoms with E-state index in [0.29, 0.717) is 0 Å². The fourth-order valence-electron chi connectivity index (χ4n) is 10.7. The average molecular weight is 880 g/mol. The van der Waals surface area contributed by atoms with E-state index in [0.717, 1.165) is 44.9 Å². The van der Waals surface area contributed by atoms with Gasteiger partial charge in [-0.3, -0.25) is 0 Å². The molecule has 2 heterocycles. The molecular weight excluding hydrogens is 835 g/mol. The molecule has 1 unspecified atom stereocenters. The van der Waals surface area contributed by atoms with Crippen LogP contribution in [0.5, 0.6) is 0 Å². The van der Waals surface area contributed by atoms with Gasteiger partial charge in [-0.25, -0.2) is 4.99 Å². The molecule has 0 amide bonds. The Bertz CT molecular complexity index is 3970. The first-order valence-electron chi connectivity index (χ1n) is 23.7. The molecule has 0 fully saturated rings. The van der Waals surface area contributed by atoms with Gasteiger partial charge in [-0.15, -0.1) is 0 Å². The van der Waals surface area contributed by atoms with E-state index in [9.17, 15) is 0 Å². The van der Waals surface area contributed by atoms with Crippen molar-refractivity contribution in [2.75, 3.05) is 0 Å². The van der Waals surface area contributed by atoms with Gasteiger partial charge >= 0.3 is 0 Å². The number of fused-ring (bicyclic) bond motifs is 5. The second kappa shape index (κ2) is 17.0. The van der Waals surface area contributed by atoms with E-state index in [4.69, 9.17) is 4.99 Å². The van der Waals surface area contributed by atoms with Crippen LogP contribution >= 0.6 is 0 Å². The Hall–Kier alpha value is -9.05. The largest absolute Gasteiger partial charge is 0.359 e. The number of hydrogen-bond acceptors (Lipinski definition) is 2. The van der Waals surface area contributed by atoms with E-state index in [-0.39, 0.29) is 6.04 Å². The first-order chi connectivity index (χ1) is 34.2. The second-order valence-electron chi connectivity index (χ2n) is 17.8. The van der Waals surface area contributed by atoms with Crippen LogP contribution < -0.4 is 5.32 Å². The maximum atomic E-state index is 5.57. The van der Waals surface area contributed by atoms with Gasteiger partial charge in [-0.1, -0.05) is 231 Å². The van der Waals surface area contributed by atoms with Crippen LogP contribution in [0.2, 0.25) is 0 Å². The second-order valence-corrected chi connectivity index (χ2v) is 17.8. The van der Waals surface area contributed by atoms with Crippen molar-refractivity contribution in [3.63, 3.8) is 0 Å². The molecule has 12 aromatic rings. The molecule has 69 heavy (non-hydrogen) atoms. The monoisotopic (exact) mass is 879 g/mol. The highest BCUT2D eigenvalue weighted by molar-refractivity contribution is 6.18. The molecule has 0 bridgehead atoms. The molecule has 1 aromatic heterocycles. The quantitative estimate of drug-likeness (QED) is 0.162. The molecule has 3 nitrogen and oxygen atoms in total. The van der Waals surface area contributed by atoms with Gasteiger partial charge in [0.25, 0.3) is 0 Å². The summed E-state index contributed by atoms with van der Waals surface area (Å²) >= 11 is 0. The fraction of sp³-hybridized carbons (Fsp3) is 0.0152. The Kier molecular flexibility index (Phi) is 9.91. The molecule has 0 saturated heterocycles. The lowest BCUT2D eigenvalue weighted by atomic mass is 9.89. The van der Waals surface area contributed by atoms with Gasteiger partial charge in [0.2, 0.25) is 0 Å². The number of para-hydroxylation sites is 1. The van der Waals surface area contributed by atoms with Crippen molar-refractivity contribution >= 4 is 54.9 Å². The molecule has 1 atom stereocenters. The van der Waals surface area contributed by atoms with Gasteiger partial charge in [-0.05, 0) is 96.6 Å². The van der Waals surface area contributed by atoms with Crippen LogP contribution in [0.15, 0.2) is 266 Å². The summed E-state index contributed by atoms with van der Waals surface area (Å²) in [4.78, 5) is 5.57. The van der Waals surface area contributed by atoms with Crippen LogP contribution in [0.3, 0.4) is 0 Å². The molecule has 11 aromatic carbocycles. The zero-order chi connectivity index (χ0) is 45.7. The zero-order valence-corrected chi connectivity index (χ0v) is 37.8. The molecule has 0 radical (unpaired) electrons. The first-order valence-corrected chi connectivity index (χ1v) is 23.7. The maximum absolute atomic E-state index is 5.57. The lowest BCUT2D eigenvalue weighted by Gasteiger charge is -2.27. The number of nitrogens with zero attached hydrogens (tertiary/aromatic N) is 2. The molecular formula is C66H45N3. The van der Waals surface area contributed by atoms with Gasteiger partial charge in [0.05, 0.1) is 28.5 Å². The summed E-state index contributed by atoms with van der Waals surface area (Å²) < 4.78 is 2.45. The van der Waals surface area contributed by atoms with Crippen molar-refractivity contribution in [2.45, 2.75) is 6.04 Å². The lowest BCUT2D eigenvalue weighted by molar-refractivity contribution is 0.783. The lowest BCUT2D eigenvalue weighted by Crippen LogP contribution is -2.31. The van der Waals surface area contributed by atoms with E-state index in [1.807, 2.05) is 0 Å². The van der Waals surface area contributed by atoms with Crippen molar-refractivity contribution in [2.24, 2.45) is 4.99 Å². The highest BCUT2D eigenvalue weighted by atomic mass is 15.1. The van der Waals surface area contributed by atoms with Crippen LogP contribution in [-0.4, -0.2) is 10.4 Å². The Balaban J connectivity index is 0.964. The summed E-state index contributed by atoms with van der Waals surface area (Å²) in [5, 5.41) is 11.2. The third-order valence-corrected chi connectivity index (χ3v) is 13.9. The molecule has 0 spiro atoms. The summed E-state index contributed by atoms with van der Waals surface area (Å²) in [6.07, 6.45) is 2.30. The standard InChI is InChI=1S/C66H45N3/c1-4-20-44(21-5-1)47-36-40-65-60(42-47)58-34-18-19-35-63(58)69(65)64-41-39-54(51-29-14-17-33-57(51)64)53-37-38-59(52-30-13-12-28-50(52)53)66-67-61(55-31-15-10-26-48(55)45-22-6-2-7-23-45)43-62(68-66)56-32-16-11-27-49(56)46-24-8-3-9-25-46/h1-43,61H,(H,67,68). The molecule has 0 aliphatic carbocycles. The minimum atomic E-state index is -0.159. The van der Waals surface area contributed by atoms with Gasteiger partial charge < -0.3 is 9.88 Å². The summed E-state index contributed by atoms with van der Waals surface area (Å²) in [6, 6.07) is 91.9. The number of hydrogen-bond donors (Lipinski definition) is 1. The summed E-state index contributed by atoms with van der Waals surface area (Å²) in [5.74, 6) is 0.841. The smallest absolute Gasteiger partial charge is 0.135 e. The van der Waals surface area contributed by atoms with E-state index in [1.54, 1.807) is 0 Å². The third kappa shape index (κ3) is 7.03. The average Bonchev–Trinajstić information content (AvgIpc) is 3.76. The molecule has 1 aliphatic heterocycles. The van der Waals surface area contributed by atoms with Crippen LogP contribution in [0.4, 0.5) is 0 Å². The van der Waals surface area contributed by atoms with Crippen LogP contribution in [0.1, 0.15) is 22.7 Å². The van der Waals surface area contributed by atoms with Crippen molar-refractivity contribution in [1.29, 1.82) is 0 Å². The van der Waals surface area contributed by atoms with E-state index in [1.165, 1.54) is 76.9 Å². The molecule has 1 N–H and O–H groups in total. The van der Waals surface area contributed by atoms with Crippen molar-refractivity contribution in [3.8, 4) is 50.2 Å². The molecule has 0 saturated carbocycles. The molecule has 324 valence electrons. The van der Waals surface area contributed by atoms with Crippen LogP contribution in [-0.2, 0) is 0 Å². The van der Waals surface area contributed by atoms with E-state index < -0.39 is 0 Å². The van der Waals surface area contributed by atoms with Gasteiger partial charge in [0.15, 0.2) is 0 Å². The predicted molar refractivity (Wildman–Crippen MR) is 291 cm³/mol. The molecule has 1 aliphatic rings. The highest BCUT2D eigenvalue weighted by Crippen LogP contribution is 2.43. The summed E-state index contributed by atoms with van der Waals surface area (Å²) in [5.41, 5.74) is 17.3. The Morgan fingerprint density at radius 3 is 1.52 bits per heavy atom. The van der Waals surface area contributed by atoms with Gasteiger partial charge in [0, 0.05) is 27.3 Å². The number of aromatic nitrogens is 1. The molecule has 13 rings (SSSR count). The Labute approximate surface area is 401 Å².